The summed E-state index contributed by atoms with van der Waals surface area (Å²) >= 11 is 5.30. The first-order valence-electron chi connectivity index (χ1n) is 7.14. The summed E-state index contributed by atoms with van der Waals surface area (Å²) in [6.07, 6.45) is 2.10. The molecule has 3 rings (SSSR count). The third-order valence-electron chi connectivity index (χ3n) is 4.54. The summed E-state index contributed by atoms with van der Waals surface area (Å²) in [5.41, 5.74) is 0.901. The van der Waals surface area contributed by atoms with Crippen molar-refractivity contribution in [1.29, 1.82) is 0 Å². The zero-order chi connectivity index (χ0) is 15.2. The summed E-state index contributed by atoms with van der Waals surface area (Å²) in [7, 11) is 2.11. The van der Waals surface area contributed by atoms with Crippen LogP contribution in [0, 0.1) is 21.8 Å². The SMILES string of the molecule is CN1CCC(C)(Cn2c(=S)[nH]c3c(F)cc(F)cc32)CC1. The minimum atomic E-state index is -0.594. The number of aromatic amines is 1. The number of aromatic nitrogens is 2. The van der Waals surface area contributed by atoms with Crippen LogP contribution in [0.2, 0.25) is 0 Å². The Kier molecular flexibility index (Phi) is 3.61. The average Bonchev–Trinajstić information content (AvgIpc) is 2.71. The summed E-state index contributed by atoms with van der Waals surface area (Å²) in [6.45, 7) is 4.97. The molecular formula is C15H19F2N3S. The van der Waals surface area contributed by atoms with Crippen molar-refractivity contribution in [2.75, 3.05) is 20.1 Å². The Balaban J connectivity index is 2.01. The molecule has 0 unspecified atom stereocenters. The van der Waals surface area contributed by atoms with Gasteiger partial charge >= 0.3 is 0 Å². The third-order valence-corrected chi connectivity index (χ3v) is 4.86. The molecule has 1 fully saturated rings. The van der Waals surface area contributed by atoms with E-state index in [2.05, 4.69) is 23.9 Å². The van der Waals surface area contributed by atoms with Gasteiger partial charge in [0, 0.05) is 12.6 Å². The van der Waals surface area contributed by atoms with E-state index in [1.165, 1.54) is 6.07 Å². The molecule has 1 saturated heterocycles. The Hall–Kier alpha value is -1.27. The summed E-state index contributed by atoms with van der Waals surface area (Å²) in [6, 6.07) is 2.23. The van der Waals surface area contributed by atoms with Crippen LogP contribution >= 0.6 is 12.2 Å². The van der Waals surface area contributed by atoms with Gasteiger partial charge in [-0.05, 0) is 56.7 Å². The largest absolute Gasteiger partial charge is 0.328 e. The minimum absolute atomic E-state index is 0.0999. The van der Waals surface area contributed by atoms with Crippen LogP contribution in [0.25, 0.3) is 11.0 Å². The molecule has 1 aromatic carbocycles. The molecule has 2 heterocycles. The fraction of sp³-hybridized carbons (Fsp3) is 0.533. The van der Waals surface area contributed by atoms with Crippen LogP contribution in [0.1, 0.15) is 19.8 Å². The molecule has 0 atom stereocenters. The maximum Gasteiger partial charge on any atom is 0.178 e. The number of likely N-dealkylation sites (tertiary alicyclic amines) is 1. The van der Waals surface area contributed by atoms with Crippen molar-refractivity contribution in [1.82, 2.24) is 14.5 Å². The first kappa shape index (κ1) is 14.7. The van der Waals surface area contributed by atoms with Crippen molar-refractivity contribution in [2.24, 2.45) is 5.41 Å². The number of hydrogen-bond acceptors (Lipinski definition) is 2. The normalized spacial score (nSPS) is 19.2. The lowest BCUT2D eigenvalue weighted by molar-refractivity contribution is 0.121. The number of halogens is 2. The summed E-state index contributed by atoms with van der Waals surface area (Å²) in [4.78, 5) is 5.17. The van der Waals surface area contributed by atoms with E-state index < -0.39 is 11.6 Å². The number of rotatable bonds is 2. The lowest BCUT2D eigenvalue weighted by Gasteiger charge is -2.38. The van der Waals surface area contributed by atoms with Crippen molar-refractivity contribution in [3.8, 4) is 0 Å². The fourth-order valence-corrected chi connectivity index (χ4v) is 3.30. The standard InChI is InChI=1S/C15H19F2N3S/c1-15(3-5-19(2)6-4-15)9-20-12-8-10(16)7-11(17)13(12)18-14(20)21/h7-8H,3-6,9H2,1-2H3,(H,18,21). The molecule has 114 valence electrons. The molecule has 3 nitrogen and oxygen atoms in total. The highest BCUT2D eigenvalue weighted by Gasteiger charge is 2.30. The number of H-pyrrole nitrogens is 1. The van der Waals surface area contributed by atoms with E-state index in [0.717, 1.165) is 32.0 Å². The molecule has 0 amide bonds. The topological polar surface area (TPSA) is 24.0 Å². The quantitative estimate of drug-likeness (QED) is 0.855. The molecule has 21 heavy (non-hydrogen) atoms. The van der Waals surface area contributed by atoms with Gasteiger partial charge in [0.1, 0.15) is 11.3 Å². The van der Waals surface area contributed by atoms with Crippen LogP contribution < -0.4 is 0 Å². The van der Waals surface area contributed by atoms with E-state index in [9.17, 15) is 8.78 Å². The molecule has 2 aromatic rings. The van der Waals surface area contributed by atoms with Gasteiger partial charge in [-0.2, -0.15) is 0 Å². The second-order valence-corrected chi connectivity index (χ2v) is 6.80. The number of nitrogens with zero attached hydrogens (tertiary/aromatic N) is 2. The Labute approximate surface area is 127 Å². The lowest BCUT2D eigenvalue weighted by Crippen LogP contribution is -2.38. The number of hydrogen-bond donors (Lipinski definition) is 1. The first-order chi connectivity index (χ1) is 9.88. The second-order valence-electron chi connectivity index (χ2n) is 6.41. The van der Waals surface area contributed by atoms with Crippen molar-refractivity contribution in [3.63, 3.8) is 0 Å². The van der Waals surface area contributed by atoms with Crippen LogP contribution in [-0.2, 0) is 6.54 Å². The Bertz CT molecular complexity index is 726. The van der Waals surface area contributed by atoms with Crippen molar-refractivity contribution in [3.05, 3.63) is 28.5 Å². The van der Waals surface area contributed by atoms with Gasteiger partial charge in [-0.15, -0.1) is 0 Å². The number of benzene rings is 1. The van der Waals surface area contributed by atoms with Gasteiger partial charge in [0.25, 0.3) is 0 Å². The van der Waals surface area contributed by atoms with Gasteiger partial charge in [-0.1, -0.05) is 6.92 Å². The summed E-state index contributed by atoms with van der Waals surface area (Å²) in [5.74, 6) is -1.17. The monoisotopic (exact) mass is 311 g/mol. The molecular weight excluding hydrogens is 292 g/mol. The predicted octanol–water partition coefficient (Wildman–Crippen LogP) is 3.71. The zero-order valence-electron chi connectivity index (χ0n) is 12.2. The van der Waals surface area contributed by atoms with Crippen LogP contribution in [0.3, 0.4) is 0 Å². The van der Waals surface area contributed by atoms with Gasteiger partial charge in [0.2, 0.25) is 0 Å². The van der Waals surface area contributed by atoms with Crippen LogP contribution in [-0.4, -0.2) is 34.6 Å². The molecule has 1 N–H and O–H groups in total. The Morgan fingerprint density at radius 1 is 1.29 bits per heavy atom. The van der Waals surface area contributed by atoms with Crippen molar-refractivity contribution < 1.29 is 8.78 Å². The predicted molar refractivity (Wildman–Crippen MR) is 81.9 cm³/mol. The summed E-state index contributed by atoms with van der Waals surface area (Å²) in [5, 5.41) is 0. The number of nitrogens with one attached hydrogen (secondary N) is 1. The van der Waals surface area contributed by atoms with Gasteiger partial charge in [0.15, 0.2) is 10.6 Å². The number of fused-ring (bicyclic) bond motifs is 1. The summed E-state index contributed by atoms with van der Waals surface area (Å²) < 4.78 is 29.6. The van der Waals surface area contributed by atoms with Crippen molar-refractivity contribution >= 4 is 23.3 Å². The zero-order valence-corrected chi connectivity index (χ0v) is 13.1. The highest BCUT2D eigenvalue weighted by Crippen LogP contribution is 2.33. The molecule has 6 heteroatoms. The van der Waals surface area contributed by atoms with E-state index >= 15 is 0 Å². The van der Waals surface area contributed by atoms with Gasteiger partial charge in [-0.3, -0.25) is 0 Å². The molecule has 0 bridgehead atoms. The van der Waals surface area contributed by atoms with Crippen molar-refractivity contribution in [2.45, 2.75) is 26.3 Å². The van der Waals surface area contributed by atoms with E-state index in [1.54, 1.807) is 0 Å². The fourth-order valence-electron chi connectivity index (χ4n) is 3.04. The molecule has 1 aliphatic heterocycles. The molecule has 1 aliphatic rings. The van der Waals surface area contributed by atoms with E-state index in [1.807, 2.05) is 4.57 Å². The molecule has 0 radical (unpaired) electrons. The Morgan fingerprint density at radius 2 is 1.95 bits per heavy atom. The molecule has 0 aliphatic carbocycles. The highest BCUT2D eigenvalue weighted by molar-refractivity contribution is 7.71. The van der Waals surface area contributed by atoms with Gasteiger partial charge in [-0.25, -0.2) is 8.78 Å². The Morgan fingerprint density at radius 3 is 2.62 bits per heavy atom. The number of piperidine rings is 1. The molecule has 0 spiro atoms. The van der Waals surface area contributed by atoms with Gasteiger partial charge in [0.05, 0.1) is 5.52 Å². The maximum absolute atomic E-state index is 13.8. The second kappa shape index (κ2) is 5.18. The highest BCUT2D eigenvalue weighted by atomic mass is 32.1. The lowest BCUT2D eigenvalue weighted by atomic mass is 9.80. The smallest absolute Gasteiger partial charge is 0.178 e. The molecule has 0 saturated carbocycles. The van der Waals surface area contributed by atoms with E-state index in [4.69, 9.17) is 12.2 Å². The van der Waals surface area contributed by atoms with Crippen LogP contribution in [0.5, 0.6) is 0 Å². The first-order valence-corrected chi connectivity index (χ1v) is 7.55. The third kappa shape index (κ3) is 2.74. The molecule has 1 aromatic heterocycles. The number of imidazole rings is 1. The van der Waals surface area contributed by atoms with Crippen LogP contribution in [0.4, 0.5) is 8.78 Å². The van der Waals surface area contributed by atoms with E-state index in [-0.39, 0.29) is 10.9 Å². The van der Waals surface area contributed by atoms with Gasteiger partial charge < -0.3 is 14.5 Å². The minimum Gasteiger partial charge on any atom is -0.328 e. The average molecular weight is 311 g/mol. The van der Waals surface area contributed by atoms with Crippen LogP contribution in [0.15, 0.2) is 12.1 Å². The maximum atomic E-state index is 13.8. The van der Waals surface area contributed by atoms with E-state index in [0.29, 0.717) is 16.8 Å².